The summed E-state index contributed by atoms with van der Waals surface area (Å²) in [6.07, 6.45) is 1.50. The second kappa shape index (κ2) is 7.23. The fraction of sp³-hybridized carbons (Fsp3) is 0.0556. The highest BCUT2D eigenvalue weighted by Crippen LogP contribution is 2.26. The van der Waals surface area contributed by atoms with Gasteiger partial charge in [-0.3, -0.25) is 9.59 Å². The molecule has 0 aliphatic carbocycles. The van der Waals surface area contributed by atoms with Gasteiger partial charge in [0.1, 0.15) is 15.7 Å². The zero-order chi connectivity index (χ0) is 17.8. The minimum atomic E-state index is -0.572. The van der Waals surface area contributed by atoms with Gasteiger partial charge in [0, 0.05) is 18.2 Å². The van der Waals surface area contributed by atoms with Crippen LogP contribution in [0.15, 0.2) is 54.7 Å². The van der Waals surface area contributed by atoms with Gasteiger partial charge in [0.15, 0.2) is 0 Å². The van der Waals surface area contributed by atoms with Crippen molar-refractivity contribution in [2.24, 2.45) is 0 Å². The molecule has 0 bridgehead atoms. The molecule has 0 spiro atoms. The standard InChI is InChI=1S/C18H14FN3O2S/c1-11(23)21-15-9-13(7-8-14(15)19)22-17(24)16-10-20-18(25-16)12-5-3-2-4-6-12/h2-10H,1H3,(H,21,23)(H,22,24). The number of carbonyl (C=O) groups is 2. The first-order chi connectivity index (χ1) is 12.0. The molecule has 25 heavy (non-hydrogen) atoms. The predicted octanol–water partition coefficient (Wildman–Crippen LogP) is 4.16. The largest absolute Gasteiger partial charge is 0.324 e. The number of nitrogens with one attached hydrogen (secondary N) is 2. The number of rotatable bonds is 4. The van der Waals surface area contributed by atoms with Crippen molar-refractivity contribution < 1.29 is 14.0 Å². The Labute approximate surface area is 147 Å². The molecule has 3 aromatic rings. The van der Waals surface area contributed by atoms with Crippen molar-refractivity contribution in [1.29, 1.82) is 0 Å². The summed E-state index contributed by atoms with van der Waals surface area (Å²) in [4.78, 5) is 28.1. The second-order valence-corrected chi connectivity index (χ2v) is 6.26. The molecule has 0 saturated carbocycles. The van der Waals surface area contributed by atoms with Crippen molar-refractivity contribution in [3.8, 4) is 10.6 Å². The molecule has 0 fully saturated rings. The summed E-state index contributed by atoms with van der Waals surface area (Å²) in [5.41, 5.74) is 1.32. The fourth-order valence-electron chi connectivity index (χ4n) is 2.17. The SMILES string of the molecule is CC(=O)Nc1cc(NC(=O)c2cnc(-c3ccccc3)s2)ccc1F. The fourth-order valence-corrected chi connectivity index (χ4v) is 2.99. The number of nitrogens with zero attached hydrogens (tertiary/aromatic N) is 1. The van der Waals surface area contributed by atoms with Gasteiger partial charge in [-0.1, -0.05) is 30.3 Å². The van der Waals surface area contributed by atoms with E-state index in [1.807, 2.05) is 30.3 Å². The van der Waals surface area contributed by atoms with E-state index in [2.05, 4.69) is 15.6 Å². The average Bonchev–Trinajstić information content (AvgIpc) is 3.08. The molecular weight excluding hydrogens is 341 g/mol. The van der Waals surface area contributed by atoms with Crippen LogP contribution in [0, 0.1) is 5.82 Å². The Morgan fingerprint density at radius 2 is 1.84 bits per heavy atom. The third-order valence-corrected chi connectivity index (χ3v) is 4.33. The van der Waals surface area contributed by atoms with E-state index < -0.39 is 11.7 Å². The summed E-state index contributed by atoms with van der Waals surface area (Å²) in [5.74, 6) is -1.31. The number of hydrogen-bond acceptors (Lipinski definition) is 4. The number of hydrogen-bond donors (Lipinski definition) is 2. The highest BCUT2D eigenvalue weighted by atomic mass is 32.1. The van der Waals surface area contributed by atoms with Crippen LogP contribution in [0.2, 0.25) is 0 Å². The van der Waals surface area contributed by atoms with Gasteiger partial charge in [-0.05, 0) is 18.2 Å². The van der Waals surface area contributed by atoms with Crippen molar-refractivity contribution in [1.82, 2.24) is 4.98 Å². The molecule has 7 heteroatoms. The van der Waals surface area contributed by atoms with E-state index in [0.717, 1.165) is 10.6 Å². The van der Waals surface area contributed by atoms with Crippen molar-refractivity contribution in [3.05, 3.63) is 65.4 Å². The minimum absolute atomic E-state index is 0.0135. The van der Waals surface area contributed by atoms with Crippen molar-refractivity contribution in [3.63, 3.8) is 0 Å². The van der Waals surface area contributed by atoms with E-state index in [1.54, 1.807) is 0 Å². The van der Waals surface area contributed by atoms with E-state index in [9.17, 15) is 14.0 Å². The van der Waals surface area contributed by atoms with Crippen LogP contribution in [0.5, 0.6) is 0 Å². The smallest absolute Gasteiger partial charge is 0.267 e. The van der Waals surface area contributed by atoms with Crippen molar-refractivity contribution in [2.75, 3.05) is 10.6 Å². The van der Waals surface area contributed by atoms with Crippen LogP contribution in [-0.2, 0) is 4.79 Å². The molecule has 0 aliphatic heterocycles. The summed E-state index contributed by atoms with van der Waals surface area (Å²) in [7, 11) is 0. The Hall–Kier alpha value is -3.06. The van der Waals surface area contributed by atoms with Crippen LogP contribution >= 0.6 is 11.3 Å². The normalized spacial score (nSPS) is 10.3. The number of thiazole rings is 1. The van der Waals surface area contributed by atoms with E-state index in [0.29, 0.717) is 10.6 Å². The molecule has 0 aliphatic rings. The molecule has 5 nitrogen and oxygen atoms in total. The Morgan fingerprint density at radius 1 is 1.08 bits per heavy atom. The summed E-state index contributed by atoms with van der Waals surface area (Å²) >= 11 is 1.26. The maximum atomic E-state index is 13.6. The van der Waals surface area contributed by atoms with Crippen LogP contribution in [0.1, 0.15) is 16.6 Å². The minimum Gasteiger partial charge on any atom is -0.324 e. The first-order valence-electron chi connectivity index (χ1n) is 7.42. The Kier molecular flexibility index (Phi) is 4.85. The molecule has 126 valence electrons. The topological polar surface area (TPSA) is 71.1 Å². The lowest BCUT2D eigenvalue weighted by atomic mass is 10.2. The quantitative estimate of drug-likeness (QED) is 0.738. The van der Waals surface area contributed by atoms with Gasteiger partial charge in [-0.25, -0.2) is 9.37 Å². The van der Waals surface area contributed by atoms with E-state index in [-0.39, 0.29) is 11.6 Å². The number of halogens is 1. The number of anilines is 2. The van der Waals surface area contributed by atoms with Gasteiger partial charge in [0.05, 0.1) is 11.9 Å². The molecule has 0 saturated heterocycles. The lowest BCUT2D eigenvalue weighted by molar-refractivity contribution is -0.114. The summed E-state index contributed by atoms with van der Waals surface area (Å²) < 4.78 is 13.6. The summed E-state index contributed by atoms with van der Waals surface area (Å²) in [6.45, 7) is 1.28. The van der Waals surface area contributed by atoms with E-state index in [1.165, 1.54) is 42.7 Å². The molecule has 0 atom stereocenters. The number of carbonyl (C=O) groups excluding carboxylic acids is 2. The molecular formula is C18H14FN3O2S. The van der Waals surface area contributed by atoms with E-state index >= 15 is 0 Å². The molecule has 3 rings (SSSR count). The molecule has 0 unspecified atom stereocenters. The third kappa shape index (κ3) is 4.07. The monoisotopic (exact) mass is 355 g/mol. The lowest BCUT2D eigenvalue weighted by Crippen LogP contribution is -2.12. The van der Waals surface area contributed by atoms with E-state index in [4.69, 9.17) is 0 Å². The predicted molar refractivity (Wildman–Crippen MR) is 96.2 cm³/mol. The highest BCUT2D eigenvalue weighted by Gasteiger charge is 2.13. The molecule has 2 N–H and O–H groups in total. The zero-order valence-electron chi connectivity index (χ0n) is 13.2. The Bertz CT molecular complexity index is 925. The average molecular weight is 355 g/mol. The van der Waals surface area contributed by atoms with Crippen molar-refractivity contribution >= 4 is 34.5 Å². The number of amides is 2. The zero-order valence-corrected chi connectivity index (χ0v) is 14.1. The number of benzene rings is 2. The summed E-state index contributed by atoms with van der Waals surface area (Å²) in [6, 6.07) is 13.5. The van der Waals surface area contributed by atoms with Gasteiger partial charge in [-0.15, -0.1) is 11.3 Å². The molecule has 2 amide bonds. The van der Waals surface area contributed by atoms with Crippen LogP contribution in [0.3, 0.4) is 0 Å². The van der Waals surface area contributed by atoms with Crippen LogP contribution in [-0.4, -0.2) is 16.8 Å². The van der Waals surface area contributed by atoms with Crippen LogP contribution in [0.25, 0.3) is 10.6 Å². The van der Waals surface area contributed by atoms with Gasteiger partial charge in [0.2, 0.25) is 5.91 Å². The molecule has 0 radical (unpaired) electrons. The molecule has 1 heterocycles. The lowest BCUT2D eigenvalue weighted by Gasteiger charge is -2.08. The Balaban J connectivity index is 1.77. The first-order valence-corrected chi connectivity index (χ1v) is 8.24. The van der Waals surface area contributed by atoms with Gasteiger partial charge < -0.3 is 10.6 Å². The number of aromatic nitrogens is 1. The summed E-state index contributed by atoms with van der Waals surface area (Å²) in [5, 5.41) is 5.79. The van der Waals surface area contributed by atoms with Crippen LogP contribution in [0.4, 0.5) is 15.8 Å². The maximum Gasteiger partial charge on any atom is 0.267 e. The molecule has 2 aromatic carbocycles. The van der Waals surface area contributed by atoms with Gasteiger partial charge in [-0.2, -0.15) is 0 Å². The molecule has 1 aromatic heterocycles. The van der Waals surface area contributed by atoms with Gasteiger partial charge in [0.25, 0.3) is 5.91 Å². The first kappa shape index (κ1) is 16.8. The third-order valence-electron chi connectivity index (χ3n) is 3.29. The highest BCUT2D eigenvalue weighted by molar-refractivity contribution is 7.17. The van der Waals surface area contributed by atoms with Gasteiger partial charge >= 0.3 is 0 Å². The Morgan fingerprint density at radius 3 is 2.56 bits per heavy atom. The second-order valence-electron chi connectivity index (χ2n) is 5.23. The van der Waals surface area contributed by atoms with Crippen LogP contribution < -0.4 is 10.6 Å². The maximum absolute atomic E-state index is 13.6. The van der Waals surface area contributed by atoms with Crippen molar-refractivity contribution in [2.45, 2.75) is 6.92 Å².